The zero-order chi connectivity index (χ0) is 19.4. The molecule has 3 rings (SSSR count). The van der Waals surface area contributed by atoms with E-state index in [1.54, 1.807) is 17.0 Å². The number of aryl methyl sites for hydroxylation is 1. The third kappa shape index (κ3) is 5.21. The molecule has 7 nitrogen and oxygen atoms in total. The van der Waals surface area contributed by atoms with Crippen LogP contribution in [0.1, 0.15) is 30.0 Å². The summed E-state index contributed by atoms with van der Waals surface area (Å²) in [4.78, 5) is 24.7. The number of carbonyl (C=O) groups is 1. The molecule has 1 heterocycles. The summed E-state index contributed by atoms with van der Waals surface area (Å²) in [5, 5.41) is 10.7. The van der Waals surface area contributed by atoms with Crippen LogP contribution in [0.3, 0.4) is 0 Å². The van der Waals surface area contributed by atoms with Crippen LogP contribution in [0.25, 0.3) is 0 Å². The molecular formula is C20H24ClN3O4. The maximum Gasteiger partial charge on any atom is 0.269 e. The maximum absolute atomic E-state index is 12.6. The number of non-ortho nitro benzene ring substituents is 1. The number of hydrogen-bond donors (Lipinski definition) is 1. The van der Waals surface area contributed by atoms with E-state index in [9.17, 15) is 14.9 Å². The number of carbonyl (C=O) groups excluding carboxylic acids is 1. The number of hydrogen-bond acceptors (Lipinski definition) is 5. The van der Waals surface area contributed by atoms with Crippen molar-refractivity contribution in [3.63, 3.8) is 0 Å². The molecule has 1 saturated heterocycles. The molecule has 150 valence electrons. The fourth-order valence-electron chi connectivity index (χ4n) is 3.15. The molecule has 1 fully saturated rings. The topological polar surface area (TPSA) is 98.7 Å². The Labute approximate surface area is 170 Å². The minimum atomic E-state index is -0.655. The van der Waals surface area contributed by atoms with Gasteiger partial charge in [0.05, 0.1) is 4.92 Å². The Morgan fingerprint density at radius 1 is 1.14 bits per heavy atom. The average molecular weight is 406 g/mol. The molecule has 0 aliphatic carbocycles. The summed E-state index contributed by atoms with van der Waals surface area (Å²) < 4.78 is 5.88. The highest BCUT2D eigenvalue weighted by Gasteiger charge is 2.28. The number of nitro groups is 1. The monoisotopic (exact) mass is 405 g/mol. The number of amides is 1. The highest BCUT2D eigenvalue weighted by molar-refractivity contribution is 5.85. The molecule has 0 aromatic heterocycles. The van der Waals surface area contributed by atoms with Crippen LogP contribution in [-0.4, -0.2) is 34.9 Å². The second-order valence-electron chi connectivity index (χ2n) is 6.78. The highest BCUT2D eigenvalue weighted by Crippen LogP contribution is 2.23. The van der Waals surface area contributed by atoms with E-state index in [2.05, 4.69) is 0 Å². The number of nitrogens with two attached hydrogens (primary N) is 1. The van der Waals surface area contributed by atoms with Crippen LogP contribution in [0.4, 0.5) is 5.69 Å². The Morgan fingerprint density at radius 3 is 2.25 bits per heavy atom. The molecule has 2 N–H and O–H groups in total. The van der Waals surface area contributed by atoms with Crippen LogP contribution in [0.2, 0.25) is 0 Å². The molecule has 2 aromatic carbocycles. The van der Waals surface area contributed by atoms with E-state index in [1.165, 1.54) is 12.1 Å². The molecule has 1 amide bonds. The van der Waals surface area contributed by atoms with Gasteiger partial charge in [-0.1, -0.05) is 29.8 Å². The lowest BCUT2D eigenvalue weighted by Crippen LogP contribution is -2.45. The van der Waals surface area contributed by atoms with E-state index in [-0.39, 0.29) is 30.1 Å². The molecule has 1 aliphatic rings. The van der Waals surface area contributed by atoms with Crippen LogP contribution < -0.4 is 10.5 Å². The number of benzene rings is 2. The minimum Gasteiger partial charge on any atom is -0.490 e. The fourth-order valence-corrected chi connectivity index (χ4v) is 3.15. The summed E-state index contributed by atoms with van der Waals surface area (Å²) in [6.45, 7) is 3.15. The molecule has 8 heteroatoms. The second kappa shape index (κ2) is 9.52. The van der Waals surface area contributed by atoms with Gasteiger partial charge in [0.2, 0.25) is 5.91 Å². The van der Waals surface area contributed by atoms with E-state index in [0.29, 0.717) is 31.7 Å². The van der Waals surface area contributed by atoms with Gasteiger partial charge in [-0.3, -0.25) is 14.9 Å². The Morgan fingerprint density at radius 2 is 1.71 bits per heavy atom. The average Bonchev–Trinajstić information content (AvgIpc) is 2.68. The van der Waals surface area contributed by atoms with Crippen LogP contribution >= 0.6 is 12.4 Å². The highest BCUT2D eigenvalue weighted by atomic mass is 35.5. The SMILES string of the molecule is Cc1ccc(C(N)C(=O)N2CCC(Oc3ccc([N+](=O)[O-])cc3)CC2)cc1.Cl. The van der Waals surface area contributed by atoms with Crippen LogP contribution in [0, 0.1) is 17.0 Å². The third-order valence-corrected chi connectivity index (χ3v) is 4.81. The molecule has 0 spiro atoms. The van der Waals surface area contributed by atoms with Gasteiger partial charge in [-0.15, -0.1) is 12.4 Å². The van der Waals surface area contributed by atoms with Crippen molar-refractivity contribution in [2.45, 2.75) is 31.9 Å². The predicted octanol–water partition coefficient (Wildman–Crippen LogP) is 3.39. The van der Waals surface area contributed by atoms with Crippen molar-refractivity contribution in [1.82, 2.24) is 4.90 Å². The Balaban J connectivity index is 0.00000280. The van der Waals surface area contributed by atoms with Crippen LogP contribution in [-0.2, 0) is 4.79 Å². The summed E-state index contributed by atoms with van der Waals surface area (Å²) in [6, 6.07) is 13.1. The first-order valence-electron chi connectivity index (χ1n) is 8.96. The molecule has 0 bridgehead atoms. The molecule has 0 saturated carbocycles. The summed E-state index contributed by atoms with van der Waals surface area (Å²) in [5.41, 5.74) is 8.12. The number of rotatable bonds is 5. The number of nitro benzene ring substituents is 1. The van der Waals surface area contributed by atoms with Crippen molar-refractivity contribution in [3.8, 4) is 5.75 Å². The van der Waals surface area contributed by atoms with Gasteiger partial charge in [0.15, 0.2) is 0 Å². The molecule has 1 aliphatic heterocycles. The van der Waals surface area contributed by atoms with Crippen molar-refractivity contribution < 1.29 is 14.5 Å². The number of piperidine rings is 1. The third-order valence-electron chi connectivity index (χ3n) is 4.81. The smallest absolute Gasteiger partial charge is 0.269 e. The van der Waals surface area contributed by atoms with E-state index in [4.69, 9.17) is 10.5 Å². The lowest BCUT2D eigenvalue weighted by Gasteiger charge is -2.33. The van der Waals surface area contributed by atoms with Gasteiger partial charge in [-0.25, -0.2) is 0 Å². The van der Waals surface area contributed by atoms with E-state index in [1.807, 2.05) is 31.2 Å². The van der Waals surface area contributed by atoms with Gasteiger partial charge >= 0.3 is 0 Å². The largest absolute Gasteiger partial charge is 0.490 e. The second-order valence-corrected chi connectivity index (χ2v) is 6.78. The van der Waals surface area contributed by atoms with Gasteiger partial charge in [0, 0.05) is 38.1 Å². The van der Waals surface area contributed by atoms with Crippen molar-refractivity contribution in [1.29, 1.82) is 0 Å². The predicted molar refractivity (Wildman–Crippen MR) is 109 cm³/mol. The Bertz CT molecular complexity index is 803. The van der Waals surface area contributed by atoms with Crippen LogP contribution in [0.15, 0.2) is 48.5 Å². The lowest BCUT2D eigenvalue weighted by atomic mass is 10.0. The first-order valence-corrected chi connectivity index (χ1v) is 8.96. The standard InChI is InChI=1S/C20H23N3O4.ClH/c1-14-2-4-15(5-3-14)19(21)20(24)22-12-10-18(11-13-22)27-17-8-6-16(7-9-17)23(25)26;/h2-9,18-19H,10-13,21H2,1H3;1H. The molecule has 1 atom stereocenters. The van der Waals surface area contributed by atoms with E-state index < -0.39 is 11.0 Å². The number of halogens is 1. The quantitative estimate of drug-likeness (QED) is 0.607. The normalized spacial score (nSPS) is 15.4. The van der Waals surface area contributed by atoms with Crippen molar-refractivity contribution in [3.05, 3.63) is 69.8 Å². The lowest BCUT2D eigenvalue weighted by molar-refractivity contribution is -0.384. The van der Waals surface area contributed by atoms with Gasteiger partial charge in [0.1, 0.15) is 17.9 Å². The molecular weight excluding hydrogens is 382 g/mol. The summed E-state index contributed by atoms with van der Waals surface area (Å²) in [7, 11) is 0. The van der Waals surface area contributed by atoms with Crippen LogP contribution in [0.5, 0.6) is 5.75 Å². The minimum absolute atomic E-state index is 0. The first-order chi connectivity index (χ1) is 12.9. The number of ether oxygens (including phenoxy) is 1. The number of nitrogens with zero attached hydrogens (tertiary/aromatic N) is 2. The van der Waals surface area contributed by atoms with Crippen molar-refractivity contribution in [2.75, 3.05) is 13.1 Å². The molecule has 28 heavy (non-hydrogen) atoms. The first kappa shape index (κ1) is 21.7. The summed E-state index contributed by atoms with van der Waals surface area (Å²) in [6.07, 6.45) is 1.37. The Kier molecular flexibility index (Phi) is 7.37. The summed E-state index contributed by atoms with van der Waals surface area (Å²) >= 11 is 0. The van der Waals surface area contributed by atoms with Gasteiger partial charge in [-0.05, 0) is 24.6 Å². The molecule has 2 aromatic rings. The van der Waals surface area contributed by atoms with E-state index >= 15 is 0 Å². The molecule has 0 radical (unpaired) electrons. The Hall–Kier alpha value is -2.64. The van der Waals surface area contributed by atoms with Gasteiger partial charge in [0.25, 0.3) is 5.69 Å². The molecule has 1 unspecified atom stereocenters. The summed E-state index contributed by atoms with van der Waals surface area (Å²) in [5.74, 6) is 0.523. The van der Waals surface area contributed by atoms with E-state index in [0.717, 1.165) is 11.1 Å². The van der Waals surface area contributed by atoms with Gasteiger partial charge in [-0.2, -0.15) is 0 Å². The maximum atomic E-state index is 12.6. The zero-order valence-electron chi connectivity index (χ0n) is 15.6. The zero-order valence-corrected chi connectivity index (χ0v) is 16.4. The fraction of sp³-hybridized carbons (Fsp3) is 0.350. The number of likely N-dealkylation sites (tertiary alicyclic amines) is 1. The van der Waals surface area contributed by atoms with Crippen molar-refractivity contribution in [2.24, 2.45) is 5.73 Å². The van der Waals surface area contributed by atoms with Crippen molar-refractivity contribution >= 4 is 24.0 Å². The van der Waals surface area contributed by atoms with Gasteiger partial charge < -0.3 is 15.4 Å².